The second-order valence-electron chi connectivity index (χ2n) is 6.92. The number of rotatable bonds is 9. The van der Waals surface area contributed by atoms with Crippen molar-refractivity contribution in [2.45, 2.75) is 23.6 Å². The minimum absolute atomic E-state index is 0.0429. The number of hydrogen-bond acceptors (Lipinski definition) is 4. The lowest BCUT2D eigenvalue weighted by Crippen LogP contribution is -2.36. The van der Waals surface area contributed by atoms with Gasteiger partial charge in [-0.25, -0.2) is 0 Å². The highest BCUT2D eigenvalue weighted by molar-refractivity contribution is 14.1. The number of nitrogens with one attached hydrogen (secondary N) is 1. The normalized spacial score (nSPS) is 10.6. The molecule has 0 bridgehead atoms. The van der Waals surface area contributed by atoms with Crippen LogP contribution >= 0.6 is 34.8 Å². The number of halogens is 1. The first kappa shape index (κ1) is 22.7. The van der Waals surface area contributed by atoms with Crippen LogP contribution in [0.15, 0.2) is 82.6 Å². The number of aryl methyl sites for hydroxylation is 2. The number of benzene rings is 3. The molecule has 0 aliphatic rings. The third-order valence-corrected chi connectivity index (χ3v) is 6.26. The highest BCUT2D eigenvalue weighted by atomic mass is 127. The molecule has 0 fully saturated rings. The summed E-state index contributed by atoms with van der Waals surface area (Å²) in [7, 11) is 0. The number of para-hydroxylation sites is 2. The number of carbonyl (C=O) groups is 1. The molecule has 1 N–H and O–H groups in total. The van der Waals surface area contributed by atoms with Crippen molar-refractivity contribution in [3.8, 4) is 0 Å². The van der Waals surface area contributed by atoms with Gasteiger partial charge in [0.1, 0.15) is 29.6 Å². The van der Waals surface area contributed by atoms with E-state index in [1.807, 2.05) is 65.5 Å². The Morgan fingerprint density at radius 1 is 1.00 bits per heavy atom. The van der Waals surface area contributed by atoms with Crippen LogP contribution in [-0.2, 0) is 7.86 Å². The second kappa shape index (κ2) is 11.4. The lowest BCUT2D eigenvalue weighted by Gasteiger charge is -2.26. The topological polar surface area (TPSA) is 41.6 Å². The average molecular weight is 532 g/mol. The molecule has 0 aliphatic carbocycles. The van der Waals surface area contributed by atoms with E-state index in [0.29, 0.717) is 13.2 Å². The monoisotopic (exact) mass is 532 g/mol. The van der Waals surface area contributed by atoms with Crippen molar-refractivity contribution in [3.05, 3.63) is 83.9 Å². The van der Waals surface area contributed by atoms with Gasteiger partial charge in [0, 0.05) is 22.0 Å². The first-order chi connectivity index (χ1) is 14.6. The molecular formula is C24H25IN2O2S. The van der Waals surface area contributed by atoms with E-state index < -0.39 is 0 Å². The van der Waals surface area contributed by atoms with Crippen molar-refractivity contribution in [3.63, 3.8) is 0 Å². The van der Waals surface area contributed by atoms with Crippen LogP contribution in [0, 0.1) is 13.8 Å². The van der Waals surface area contributed by atoms with Crippen LogP contribution in [0.4, 0.5) is 11.4 Å². The Balaban J connectivity index is 1.92. The van der Waals surface area contributed by atoms with Gasteiger partial charge in [-0.15, -0.1) is 0 Å². The van der Waals surface area contributed by atoms with Gasteiger partial charge in [-0.3, -0.25) is 4.79 Å². The van der Waals surface area contributed by atoms with Crippen molar-refractivity contribution >= 4 is 52.0 Å². The van der Waals surface area contributed by atoms with Gasteiger partial charge in [0.05, 0.1) is 12.3 Å². The summed E-state index contributed by atoms with van der Waals surface area (Å²) in [4.78, 5) is 17.0. The molecule has 0 saturated carbocycles. The quantitative estimate of drug-likeness (QED) is 0.268. The van der Waals surface area contributed by atoms with Crippen LogP contribution in [0.3, 0.4) is 0 Å². The lowest BCUT2D eigenvalue weighted by atomic mass is 10.2. The predicted molar refractivity (Wildman–Crippen MR) is 133 cm³/mol. The highest BCUT2D eigenvalue weighted by Crippen LogP contribution is 2.39. The molecule has 0 aromatic heterocycles. The van der Waals surface area contributed by atoms with Crippen molar-refractivity contribution in [1.82, 2.24) is 5.32 Å². The summed E-state index contributed by atoms with van der Waals surface area (Å²) < 4.78 is 5.01. The molecule has 0 atom stereocenters. The van der Waals surface area contributed by atoms with Crippen LogP contribution in [0.2, 0.25) is 0 Å². The summed E-state index contributed by atoms with van der Waals surface area (Å²) in [6.45, 7) is 5.44. The zero-order valence-corrected chi connectivity index (χ0v) is 20.1. The van der Waals surface area contributed by atoms with Gasteiger partial charge in [0.15, 0.2) is 0 Å². The molecule has 6 heteroatoms. The lowest BCUT2D eigenvalue weighted by molar-refractivity contribution is -0.119. The van der Waals surface area contributed by atoms with Crippen LogP contribution < -0.4 is 10.2 Å². The van der Waals surface area contributed by atoms with Crippen molar-refractivity contribution < 1.29 is 7.86 Å². The maximum absolute atomic E-state index is 12.6. The fourth-order valence-corrected chi connectivity index (χ4v) is 4.39. The molecule has 30 heavy (non-hydrogen) atoms. The maximum Gasteiger partial charge on any atom is 0.240 e. The molecule has 0 aliphatic heterocycles. The molecule has 3 aromatic rings. The van der Waals surface area contributed by atoms with E-state index in [4.69, 9.17) is 3.07 Å². The first-order valence-corrected chi connectivity index (χ1v) is 11.4. The minimum atomic E-state index is -0.0429. The minimum Gasteiger partial charge on any atom is -0.352 e. The van der Waals surface area contributed by atoms with Crippen LogP contribution in [0.5, 0.6) is 0 Å². The smallest absolute Gasteiger partial charge is 0.240 e. The summed E-state index contributed by atoms with van der Waals surface area (Å²) in [5.74, 6) is -0.0429. The zero-order chi connectivity index (χ0) is 21.3. The van der Waals surface area contributed by atoms with Crippen molar-refractivity contribution in [2.24, 2.45) is 0 Å². The van der Waals surface area contributed by atoms with E-state index in [-0.39, 0.29) is 12.5 Å². The number of nitrogens with zero attached hydrogens (tertiary/aromatic N) is 1. The fraction of sp³-hybridized carbons (Fsp3) is 0.208. The summed E-state index contributed by atoms with van der Waals surface area (Å²) >= 11 is 3.56. The molecule has 0 spiro atoms. The van der Waals surface area contributed by atoms with Gasteiger partial charge in [0.2, 0.25) is 5.91 Å². The van der Waals surface area contributed by atoms with E-state index in [0.717, 1.165) is 16.3 Å². The third kappa shape index (κ3) is 6.23. The van der Waals surface area contributed by atoms with Gasteiger partial charge in [-0.05, 0) is 49.7 Å². The van der Waals surface area contributed by atoms with E-state index in [9.17, 15) is 4.79 Å². The summed E-state index contributed by atoms with van der Waals surface area (Å²) in [5, 5.41) is 2.92. The molecule has 1 amide bonds. The number of carbonyl (C=O) groups excluding carboxylic acids is 1. The molecule has 0 radical (unpaired) electrons. The molecule has 156 valence electrons. The Bertz CT molecular complexity index is 982. The van der Waals surface area contributed by atoms with Gasteiger partial charge in [-0.2, -0.15) is 0 Å². The van der Waals surface area contributed by atoms with Gasteiger partial charge in [-0.1, -0.05) is 59.8 Å². The molecule has 4 nitrogen and oxygen atoms in total. The van der Waals surface area contributed by atoms with Gasteiger partial charge < -0.3 is 13.3 Å². The first-order valence-electron chi connectivity index (χ1n) is 9.75. The standard InChI is InChI=1S/C24H25IN2O2S/c1-18-12-13-22(19(2)16-18)30-23-11-7-6-10-21(23)27(20-8-4-3-5-9-20)17-24(28)26-14-15-29-25/h3-13,16H,14-15,17H2,1-2H3,(H,26,28). The molecule has 3 rings (SSSR count). The SMILES string of the molecule is Cc1ccc(Sc2ccccc2N(CC(=O)NCCOI)c2ccccc2)c(C)c1. The number of hydrogen-bond donors (Lipinski definition) is 1. The highest BCUT2D eigenvalue weighted by Gasteiger charge is 2.17. The summed E-state index contributed by atoms with van der Waals surface area (Å²) in [5.41, 5.74) is 4.49. The third-order valence-electron chi connectivity index (χ3n) is 4.58. The molecule has 0 heterocycles. The molecule has 0 unspecified atom stereocenters. The Kier molecular flexibility index (Phi) is 8.60. The number of anilines is 2. The Labute approximate surface area is 196 Å². The van der Waals surface area contributed by atoms with Crippen LogP contribution in [-0.4, -0.2) is 25.6 Å². The molecule has 0 saturated heterocycles. The van der Waals surface area contributed by atoms with Crippen LogP contribution in [0.1, 0.15) is 11.1 Å². The zero-order valence-electron chi connectivity index (χ0n) is 17.1. The van der Waals surface area contributed by atoms with E-state index >= 15 is 0 Å². The van der Waals surface area contributed by atoms with Crippen molar-refractivity contribution in [2.75, 3.05) is 24.6 Å². The Morgan fingerprint density at radius 3 is 2.47 bits per heavy atom. The fourth-order valence-electron chi connectivity index (χ4n) is 3.15. The van der Waals surface area contributed by atoms with E-state index in [1.54, 1.807) is 11.8 Å². The van der Waals surface area contributed by atoms with E-state index in [2.05, 4.69) is 54.4 Å². The summed E-state index contributed by atoms with van der Waals surface area (Å²) in [6, 6.07) is 24.7. The summed E-state index contributed by atoms with van der Waals surface area (Å²) in [6.07, 6.45) is 0. The maximum atomic E-state index is 12.6. The molecule has 3 aromatic carbocycles. The average Bonchev–Trinajstić information content (AvgIpc) is 2.75. The van der Waals surface area contributed by atoms with E-state index in [1.165, 1.54) is 16.0 Å². The number of amides is 1. The van der Waals surface area contributed by atoms with Gasteiger partial charge >= 0.3 is 0 Å². The van der Waals surface area contributed by atoms with Crippen LogP contribution in [0.25, 0.3) is 0 Å². The second-order valence-corrected chi connectivity index (χ2v) is 8.63. The largest absolute Gasteiger partial charge is 0.352 e. The molecular weight excluding hydrogens is 507 g/mol. The van der Waals surface area contributed by atoms with Crippen molar-refractivity contribution in [1.29, 1.82) is 0 Å². The Hall–Kier alpha value is -2.03. The Morgan fingerprint density at radius 2 is 1.73 bits per heavy atom. The van der Waals surface area contributed by atoms with Gasteiger partial charge in [0.25, 0.3) is 0 Å². The predicted octanol–water partition coefficient (Wildman–Crippen LogP) is 6.08.